The van der Waals surface area contributed by atoms with Crippen molar-refractivity contribution in [2.75, 3.05) is 19.8 Å². The van der Waals surface area contributed by atoms with Crippen molar-refractivity contribution in [2.45, 2.75) is 45.6 Å². The Bertz CT molecular complexity index is 427. The zero-order chi connectivity index (χ0) is 14.5. The number of halogens is 1. The van der Waals surface area contributed by atoms with Crippen LogP contribution in [0.3, 0.4) is 0 Å². The second kappa shape index (κ2) is 7.57. The van der Waals surface area contributed by atoms with Gasteiger partial charge in [-0.2, -0.15) is 5.10 Å². The number of rotatable bonds is 7. The second-order valence-electron chi connectivity index (χ2n) is 5.79. The fourth-order valence-electron chi connectivity index (χ4n) is 2.89. The van der Waals surface area contributed by atoms with Gasteiger partial charge in [-0.1, -0.05) is 6.92 Å². The Balaban J connectivity index is 2.01. The van der Waals surface area contributed by atoms with Crippen LogP contribution in [0.1, 0.15) is 37.6 Å². The van der Waals surface area contributed by atoms with Gasteiger partial charge < -0.3 is 10.1 Å². The van der Waals surface area contributed by atoms with Gasteiger partial charge in [-0.05, 0) is 54.6 Å². The first-order valence-corrected chi connectivity index (χ1v) is 8.40. The second-order valence-corrected chi connectivity index (χ2v) is 6.58. The largest absolute Gasteiger partial charge is 0.381 e. The van der Waals surface area contributed by atoms with Crippen LogP contribution in [-0.2, 0) is 18.2 Å². The molecule has 4 nitrogen and oxygen atoms in total. The van der Waals surface area contributed by atoms with Crippen molar-refractivity contribution in [3.8, 4) is 0 Å². The molecule has 0 aliphatic carbocycles. The topological polar surface area (TPSA) is 39.1 Å². The molecule has 0 amide bonds. The minimum Gasteiger partial charge on any atom is -0.381 e. The molecule has 1 aromatic heterocycles. The lowest BCUT2D eigenvalue weighted by Gasteiger charge is -2.21. The Morgan fingerprint density at radius 2 is 2.35 bits per heavy atom. The number of hydrogen-bond acceptors (Lipinski definition) is 3. The third-order valence-electron chi connectivity index (χ3n) is 4.03. The molecule has 20 heavy (non-hydrogen) atoms. The van der Waals surface area contributed by atoms with Gasteiger partial charge >= 0.3 is 0 Å². The predicted molar refractivity (Wildman–Crippen MR) is 85.0 cm³/mol. The molecule has 0 spiro atoms. The highest BCUT2D eigenvalue weighted by Gasteiger charge is 2.23. The van der Waals surface area contributed by atoms with E-state index in [1.807, 2.05) is 18.7 Å². The van der Waals surface area contributed by atoms with Gasteiger partial charge in [0.15, 0.2) is 0 Å². The van der Waals surface area contributed by atoms with Crippen molar-refractivity contribution >= 4 is 15.9 Å². The summed E-state index contributed by atoms with van der Waals surface area (Å²) in [5, 5.41) is 8.18. The van der Waals surface area contributed by atoms with Gasteiger partial charge in [0.2, 0.25) is 0 Å². The third-order valence-corrected chi connectivity index (χ3v) is 5.06. The fraction of sp³-hybridized carbons (Fsp3) is 0.800. The van der Waals surface area contributed by atoms with Gasteiger partial charge in [-0.25, -0.2) is 0 Å². The lowest BCUT2D eigenvalue weighted by Crippen LogP contribution is -2.34. The number of ether oxygens (including phenoxy) is 1. The van der Waals surface area contributed by atoms with Crippen molar-refractivity contribution in [3.05, 3.63) is 15.9 Å². The van der Waals surface area contributed by atoms with Gasteiger partial charge in [0.25, 0.3) is 0 Å². The van der Waals surface area contributed by atoms with Crippen LogP contribution < -0.4 is 5.32 Å². The normalized spacial score (nSPS) is 20.5. The van der Waals surface area contributed by atoms with Crippen LogP contribution in [0.5, 0.6) is 0 Å². The quantitative estimate of drug-likeness (QED) is 0.827. The van der Waals surface area contributed by atoms with Gasteiger partial charge in [-0.3, -0.25) is 4.68 Å². The first kappa shape index (κ1) is 16.0. The van der Waals surface area contributed by atoms with E-state index >= 15 is 0 Å². The Morgan fingerprint density at radius 1 is 1.55 bits per heavy atom. The maximum Gasteiger partial charge on any atom is 0.0738 e. The van der Waals surface area contributed by atoms with Crippen molar-refractivity contribution in [1.29, 1.82) is 0 Å². The third kappa shape index (κ3) is 4.06. The SMILES string of the molecule is CCCNC(Cc1c(Br)c(C)nn1C)CC1CCOC1. The molecule has 1 aliphatic rings. The number of nitrogens with zero attached hydrogens (tertiary/aromatic N) is 2. The molecule has 0 bridgehead atoms. The molecule has 1 aromatic rings. The average Bonchev–Trinajstić information content (AvgIpc) is 3.00. The first-order chi connectivity index (χ1) is 9.61. The van der Waals surface area contributed by atoms with E-state index in [-0.39, 0.29) is 0 Å². The van der Waals surface area contributed by atoms with Gasteiger partial charge in [-0.15, -0.1) is 0 Å². The first-order valence-electron chi connectivity index (χ1n) is 7.60. The molecule has 2 heterocycles. The summed E-state index contributed by atoms with van der Waals surface area (Å²) in [5.74, 6) is 0.706. The average molecular weight is 344 g/mol. The van der Waals surface area contributed by atoms with Gasteiger partial charge in [0.1, 0.15) is 0 Å². The highest BCUT2D eigenvalue weighted by Crippen LogP contribution is 2.25. The number of nitrogens with one attached hydrogen (secondary N) is 1. The smallest absolute Gasteiger partial charge is 0.0738 e. The van der Waals surface area contributed by atoms with Crippen LogP contribution in [0.25, 0.3) is 0 Å². The maximum absolute atomic E-state index is 5.51. The molecular weight excluding hydrogens is 318 g/mol. The van der Waals surface area contributed by atoms with Crippen LogP contribution >= 0.6 is 15.9 Å². The summed E-state index contributed by atoms with van der Waals surface area (Å²) in [5.41, 5.74) is 2.36. The zero-order valence-corrected chi connectivity index (χ0v) is 14.4. The van der Waals surface area contributed by atoms with E-state index in [0.717, 1.165) is 36.3 Å². The molecule has 1 saturated heterocycles. The van der Waals surface area contributed by atoms with E-state index < -0.39 is 0 Å². The highest BCUT2D eigenvalue weighted by atomic mass is 79.9. The van der Waals surface area contributed by atoms with E-state index in [4.69, 9.17) is 4.74 Å². The summed E-state index contributed by atoms with van der Waals surface area (Å²) in [6, 6.07) is 0.507. The lowest BCUT2D eigenvalue weighted by atomic mass is 9.96. The molecule has 0 saturated carbocycles. The summed E-state index contributed by atoms with van der Waals surface area (Å²) < 4.78 is 8.67. The molecule has 1 fully saturated rings. The molecule has 2 unspecified atom stereocenters. The van der Waals surface area contributed by atoms with Crippen LogP contribution in [0, 0.1) is 12.8 Å². The Labute approximate surface area is 130 Å². The van der Waals surface area contributed by atoms with Crippen molar-refractivity contribution in [1.82, 2.24) is 15.1 Å². The minimum absolute atomic E-state index is 0.507. The number of aryl methyl sites for hydroxylation is 2. The Hall–Kier alpha value is -0.390. The van der Waals surface area contributed by atoms with Gasteiger partial charge in [0.05, 0.1) is 15.9 Å². The molecule has 0 radical (unpaired) electrons. The maximum atomic E-state index is 5.51. The van der Waals surface area contributed by atoms with Crippen LogP contribution in [0.4, 0.5) is 0 Å². The van der Waals surface area contributed by atoms with E-state index in [1.54, 1.807) is 0 Å². The van der Waals surface area contributed by atoms with E-state index in [2.05, 4.69) is 33.3 Å². The summed E-state index contributed by atoms with van der Waals surface area (Å²) >= 11 is 3.67. The monoisotopic (exact) mass is 343 g/mol. The lowest BCUT2D eigenvalue weighted by molar-refractivity contribution is 0.181. The standard InChI is InChI=1S/C15H26BrN3O/c1-4-6-17-13(8-12-5-7-20-10-12)9-14-15(16)11(2)18-19(14)3/h12-13,17H,4-10H2,1-3H3. The van der Waals surface area contributed by atoms with Crippen LogP contribution in [0.15, 0.2) is 4.47 Å². The van der Waals surface area contributed by atoms with Crippen molar-refractivity contribution < 1.29 is 4.74 Å². The summed E-state index contributed by atoms with van der Waals surface area (Å²) in [7, 11) is 2.03. The minimum atomic E-state index is 0.507. The van der Waals surface area contributed by atoms with E-state index in [0.29, 0.717) is 12.0 Å². The van der Waals surface area contributed by atoms with Crippen molar-refractivity contribution in [3.63, 3.8) is 0 Å². The molecule has 2 atom stereocenters. The molecule has 5 heteroatoms. The van der Waals surface area contributed by atoms with Crippen LogP contribution in [-0.4, -0.2) is 35.6 Å². The summed E-state index contributed by atoms with van der Waals surface area (Å²) in [6.45, 7) is 7.20. The fourth-order valence-corrected chi connectivity index (χ4v) is 3.39. The molecular formula is C15H26BrN3O. The predicted octanol–water partition coefficient (Wildman–Crippen LogP) is 2.83. The number of aromatic nitrogens is 2. The molecule has 1 N–H and O–H groups in total. The van der Waals surface area contributed by atoms with E-state index in [1.165, 1.54) is 25.0 Å². The van der Waals surface area contributed by atoms with Gasteiger partial charge in [0, 0.05) is 32.7 Å². The zero-order valence-electron chi connectivity index (χ0n) is 12.8. The van der Waals surface area contributed by atoms with Crippen LogP contribution in [0.2, 0.25) is 0 Å². The molecule has 114 valence electrons. The molecule has 1 aliphatic heterocycles. The van der Waals surface area contributed by atoms with Crippen molar-refractivity contribution in [2.24, 2.45) is 13.0 Å². The Kier molecular flexibility index (Phi) is 6.05. The summed E-state index contributed by atoms with van der Waals surface area (Å²) in [6.07, 6.45) is 4.59. The van der Waals surface area contributed by atoms with E-state index in [9.17, 15) is 0 Å². The summed E-state index contributed by atoms with van der Waals surface area (Å²) in [4.78, 5) is 0. The number of hydrogen-bond donors (Lipinski definition) is 1. The Morgan fingerprint density at radius 3 is 2.90 bits per heavy atom. The molecule has 0 aromatic carbocycles. The molecule has 2 rings (SSSR count). The highest BCUT2D eigenvalue weighted by molar-refractivity contribution is 9.10.